The van der Waals surface area contributed by atoms with E-state index in [9.17, 15) is 18.4 Å². The first-order chi connectivity index (χ1) is 8.89. The van der Waals surface area contributed by atoms with Gasteiger partial charge in [0.25, 0.3) is 5.91 Å². The van der Waals surface area contributed by atoms with Gasteiger partial charge in [0.1, 0.15) is 0 Å². The highest BCUT2D eigenvalue weighted by Crippen LogP contribution is 2.36. The quantitative estimate of drug-likeness (QED) is 0.750. The van der Waals surface area contributed by atoms with Gasteiger partial charge in [-0.15, -0.1) is 10.2 Å². The molecule has 2 amide bonds. The van der Waals surface area contributed by atoms with Crippen LogP contribution >= 0.6 is 0 Å². The minimum absolute atomic E-state index is 0.0742. The predicted octanol–water partition coefficient (Wildman–Crippen LogP) is 0.668. The molecule has 0 aliphatic heterocycles. The molecule has 1 aliphatic carbocycles. The van der Waals surface area contributed by atoms with E-state index in [0.717, 1.165) is 0 Å². The van der Waals surface area contributed by atoms with Gasteiger partial charge in [0, 0.05) is 18.8 Å². The Hall–Kier alpha value is -2.06. The number of carbonyl (C=O) groups is 2. The van der Waals surface area contributed by atoms with Gasteiger partial charge in [-0.2, -0.15) is 5.21 Å². The Bertz CT molecular complexity index is 492. The van der Waals surface area contributed by atoms with Crippen molar-refractivity contribution in [3.8, 4) is 0 Å². The van der Waals surface area contributed by atoms with Crippen LogP contribution in [0.1, 0.15) is 36.2 Å². The highest BCUT2D eigenvalue weighted by atomic mass is 19.3. The maximum absolute atomic E-state index is 13.0. The highest BCUT2D eigenvalue weighted by Gasteiger charge is 2.37. The molecule has 0 bridgehead atoms. The van der Waals surface area contributed by atoms with Gasteiger partial charge in [-0.05, 0) is 12.8 Å². The number of nitrogens with two attached hydrogens (primary N) is 1. The van der Waals surface area contributed by atoms with Gasteiger partial charge in [0.2, 0.25) is 11.8 Å². The van der Waals surface area contributed by atoms with Gasteiger partial charge in [-0.1, -0.05) is 0 Å². The smallest absolute Gasteiger partial charge is 0.273 e. The van der Waals surface area contributed by atoms with Crippen molar-refractivity contribution in [2.75, 3.05) is 5.32 Å². The molecular weight excluding hydrogens is 260 g/mol. The van der Waals surface area contributed by atoms with Gasteiger partial charge < -0.3 is 11.1 Å². The summed E-state index contributed by atoms with van der Waals surface area (Å²) in [5, 5.41) is 11.6. The highest BCUT2D eigenvalue weighted by molar-refractivity contribution is 6.00. The Labute approximate surface area is 106 Å². The third-order valence-corrected chi connectivity index (χ3v) is 3.11. The summed E-state index contributed by atoms with van der Waals surface area (Å²) in [5.74, 6) is -4.57. The normalized spacial score (nSPS) is 19.1. The molecular formula is C10H13F2N5O2. The van der Waals surface area contributed by atoms with Crippen LogP contribution in [0.4, 0.5) is 14.6 Å². The molecule has 1 fully saturated rings. The first-order valence-electron chi connectivity index (χ1n) is 5.78. The molecule has 1 aliphatic rings. The molecule has 7 nitrogen and oxygen atoms in total. The van der Waals surface area contributed by atoms with E-state index in [1.54, 1.807) is 0 Å². The lowest BCUT2D eigenvalue weighted by molar-refractivity contribution is -0.124. The summed E-state index contributed by atoms with van der Waals surface area (Å²) in [7, 11) is 0. The van der Waals surface area contributed by atoms with Gasteiger partial charge in [0.15, 0.2) is 11.5 Å². The Morgan fingerprint density at radius 1 is 1.32 bits per heavy atom. The zero-order valence-electron chi connectivity index (χ0n) is 9.95. The number of nitrogens with zero attached hydrogens (tertiary/aromatic N) is 2. The van der Waals surface area contributed by atoms with Crippen LogP contribution < -0.4 is 11.1 Å². The summed E-state index contributed by atoms with van der Waals surface area (Å²) in [5.41, 5.74) is 4.85. The fourth-order valence-electron chi connectivity index (χ4n) is 2.01. The van der Waals surface area contributed by atoms with E-state index >= 15 is 0 Å². The van der Waals surface area contributed by atoms with E-state index in [1.165, 1.54) is 0 Å². The maximum Gasteiger partial charge on any atom is 0.273 e. The molecule has 0 atom stereocenters. The Morgan fingerprint density at radius 2 is 1.95 bits per heavy atom. The lowest BCUT2D eigenvalue weighted by Gasteiger charge is -2.27. The van der Waals surface area contributed by atoms with Crippen LogP contribution in [-0.4, -0.2) is 33.1 Å². The van der Waals surface area contributed by atoms with Crippen LogP contribution in [0.15, 0.2) is 0 Å². The van der Waals surface area contributed by atoms with Gasteiger partial charge >= 0.3 is 0 Å². The number of halogens is 2. The molecule has 2 rings (SSSR count). The minimum atomic E-state index is -2.69. The number of primary amides is 1. The second kappa shape index (κ2) is 4.90. The van der Waals surface area contributed by atoms with E-state index < -0.39 is 23.7 Å². The third-order valence-electron chi connectivity index (χ3n) is 3.11. The molecule has 9 heteroatoms. The second-order valence-electron chi connectivity index (χ2n) is 4.50. The molecule has 0 saturated heterocycles. The lowest BCUT2D eigenvalue weighted by Crippen LogP contribution is -2.32. The standard InChI is InChI=1S/C10H13F2N5O2/c11-10(12)3-1-5(2-4-10)9(19)14-8-6(7(13)18)15-17-16-8/h5H,1-4H2,(H2,13,18)(H2,14,15,16,17,19). The van der Waals surface area contributed by atoms with Crippen molar-refractivity contribution in [2.24, 2.45) is 11.7 Å². The summed E-state index contributed by atoms with van der Waals surface area (Å²) >= 11 is 0. The number of alkyl halides is 2. The van der Waals surface area contributed by atoms with E-state index in [2.05, 4.69) is 20.7 Å². The van der Waals surface area contributed by atoms with E-state index in [1.807, 2.05) is 0 Å². The van der Waals surface area contributed by atoms with Crippen LogP contribution in [0.5, 0.6) is 0 Å². The van der Waals surface area contributed by atoms with E-state index in [0.29, 0.717) is 0 Å². The molecule has 1 heterocycles. The molecule has 104 valence electrons. The van der Waals surface area contributed by atoms with E-state index in [-0.39, 0.29) is 37.2 Å². The van der Waals surface area contributed by atoms with Crippen molar-refractivity contribution in [3.05, 3.63) is 5.69 Å². The lowest BCUT2D eigenvalue weighted by atomic mass is 9.86. The predicted molar refractivity (Wildman–Crippen MR) is 60.4 cm³/mol. The van der Waals surface area contributed by atoms with Crippen LogP contribution in [-0.2, 0) is 4.79 Å². The number of nitrogens with one attached hydrogen (secondary N) is 2. The molecule has 0 aromatic carbocycles. The molecule has 4 N–H and O–H groups in total. The van der Waals surface area contributed by atoms with Crippen LogP contribution in [0, 0.1) is 5.92 Å². The largest absolute Gasteiger partial charge is 0.364 e. The first kappa shape index (κ1) is 13.4. The van der Waals surface area contributed by atoms with Crippen molar-refractivity contribution in [2.45, 2.75) is 31.6 Å². The van der Waals surface area contributed by atoms with Crippen molar-refractivity contribution in [1.82, 2.24) is 15.4 Å². The van der Waals surface area contributed by atoms with Gasteiger partial charge in [-0.3, -0.25) is 9.59 Å². The van der Waals surface area contributed by atoms with Crippen molar-refractivity contribution in [3.63, 3.8) is 0 Å². The summed E-state index contributed by atoms with van der Waals surface area (Å²) in [4.78, 5) is 22.8. The number of carbonyl (C=O) groups excluding carboxylic acids is 2. The van der Waals surface area contributed by atoms with Crippen LogP contribution in [0.3, 0.4) is 0 Å². The Morgan fingerprint density at radius 3 is 2.53 bits per heavy atom. The minimum Gasteiger partial charge on any atom is -0.364 e. The number of anilines is 1. The van der Waals surface area contributed by atoms with Crippen molar-refractivity contribution >= 4 is 17.6 Å². The first-order valence-corrected chi connectivity index (χ1v) is 5.78. The monoisotopic (exact) mass is 273 g/mol. The van der Waals surface area contributed by atoms with Crippen LogP contribution in [0.2, 0.25) is 0 Å². The number of amides is 2. The number of rotatable bonds is 3. The molecule has 19 heavy (non-hydrogen) atoms. The van der Waals surface area contributed by atoms with Crippen molar-refractivity contribution < 1.29 is 18.4 Å². The van der Waals surface area contributed by atoms with E-state index in [4.69, 9.17) is 5.73 Å². The zero-order valence-corrected chi connectivity index (χ0v) is 9.95. The van der Waals surface area contributed by atoms with Crippen LogP contribution in [0.25, 0.3) is 0 Å². The fourth-order valence-corrected chi connectivity index (χ4v) is 2.01. The molecule has 0 spiro atoms. The Balaban J connectivity index is 1.98. The topological polar surface area (TPSA) is 114 Å². The molecule has 1 aromatic heterocycles. The average Bonchev–Trinajstić information content (AvgIpc) is 2.77. The van der Waals surface area contributed by atoms with Gasteiger partial charge in [-0.25, -0.2) is 8.78 Å². The fraction of sp³-hybridized carbons (Fsp3) is 0.600. The second-order valence-corrected chi connectivity index (χ2v) is 4.50. The number of aromatic amines is 1. The number of aromatic nitrogens is 3. The third kappa shape index (κ3) is 3.04. The average molecular weight is 273 g/mol. The number of hydrogen-bond acceptors (Lipinski definition) is 4. The van der Waals surface area contributed by atoms with Gasteiger partial charge in [0.05, 0.1) is 0 Å². The summed E-state index contributed by atoms with van der Waals surface area (Å²) in [6, 6.07) is 0. The summed E-state index contributed by atoms with van der Waals surface area (Å²) < 4.78 is 25.9. The summed E-state index contributed by atoms with van der Waals surface area (Å²) in [6.45, 7) is 0. The SMILES string of the molecule is NC(=O)c1n[nH]nc1NC(=O)C1CCC(F)(F)CC1. The zero-order chi connectivity index (χ0) is 14.0. The molecule has 1 aromatic rings. The molecule has 1 saturated carbocycles. The molecule has 0 radical (unpaired) electrons. The van der Waals surface area contributed by atoms with Crippen molar-refractivity contribution in [1.29, 1.82) is 0 Å². The maximum atomic E-state index is 13.0. The molecule has 0 unspecified atom stereocenters. The number of hydrogen-bond donors (Lipinski definition) is 3. The summed E-state index contributed by atoms with van der Waals surface area (Å²) in [6.07, 6.45) is -0.426. The number of H-pyrrole nitrogens is 1. The Kier molecular flexibility index (Phi) is 3.45.